The van der Waals surface area contributed by atoms with Gasteiger partial charge in [0.15, 0.2) is 0 Å². The van der Waals surface area contributed by atoms with E-state index in [2.05, 4.69) is 21.3 Å². The van der Waals surface area contributed by atoms with Crippen LogP contribution < -0.4 is 21.3 Å². The van der Waals surface area contributed by atoms with Gasteiger partial charge in [-0.25, -0.2) is 0 Å². The van der Waals surface area contributed by atoms with Gasteiger partial charge in [0.05, 0.1) is 0 Å². The molecule has 1 heterocycles. The van der Waals surface area contributed by atoms with Gasteiger partial charge in [0, 0.05) is 26.2 Å². The van der Waals surface area contributed by atoms with Crippen LogP contribution in [0.15, 0.2) is 0 Å². The van der Waals surface area contributed by atoms with E-state index in [0.717, 1.165) is 0 Å². The molecule has 0 aromatic heterocycles. The molecule has 0 saturated carbocycles. The van der Waals surface area contributed by atoms with Crippen LogP contribution in [0.5, 0.6) is 0 Å². The topological polar surface area (TPSA) is 116 Å². The molecule has 1 rings (SSSR count). The van der Waals surface area contributed by atoms with Gasteiger partial charge in [-0.1, -0.05) is 0 Å². The Balaban J connectivity index is 0.00000324. The van der Waals surface area contributed by atoms with Crippen LogP contribution in [0, 0.1) is 0 Å². The molecule has 4 amide bonds. The van der Waals surface area contributed by atoms with Crippen molar-refractivity contribution in [2.24, 2.45) is 0 Å². The Bertz CT molecular complexity index is 295. The van der Waals surface area contributed by atoms with Crippen LogP contribution in [-0.2, 0) is 39.6 Å². The second-order valence-corrected chi connectivity index (χ2v) is 3.73. The van der Waals surface area contributed by atoms with Crippen LogP contribution in [-0.4, -0.2) is 49.8 Å². The van der Waals surface area contributed by atoms with Gasteiger partial charge >= 0.3 is 44.1 Å². The monoisotopic (exact) mass is 362 g/mol. The molecule has 0 aliphatic carbocycles. The van der Waals surface area contributed by atoms with Gasteiger partial charge in [0.1, 0.15) is 0 Å². The molecule has 0 unspecified atom stereocenters. The molecule has 0 radical (unpaired) electrons. The Morgan fingerprint density at radius 1 is 0.526 bits per heavy atom. The number of rotatable bonds is 0. The van der Waals surface area contributed by atoms with E-state index in [-0.39, 0.29) is 46.6 Å². The standard InChI is InChI=1S/C10H16N4O4.Pd/c15-7-9(17)13-5-2-6-14-10(18)8(16)12-4-1-3-11-7;/h1-6H2,(H,11,15)(H,12,16)(H,13,17)(H,14,18);/q;+2. The van der Waals surface area contributed by atoms with Crippen LogP contribution in [0.3, 0.4) is 0 Å². The summed E-state index contributed by atoms with van der Waals surface area (Å²) < 4.78 is 0. The fourth-order valence-electron chi connectivity index (χ4n) is 1.31. The van der Waals surface area contributed by atoms with Crippen LogP contribution in [0.1, 0.15) is 12.8 Å². The summed E-state index contributed by atoms with van der Waals surface area (Å²) in [5.41, 5.74) is 0. The molecule has 4 N–H and O–H groups in total. The Labute approximate surface area is 124 Å². The second-order valence-electron chi connectivity index (χ2n) is 3.73. The first-order valence-corrected chi connectivity index (χ1v) is 5.73. The molecule has 9 heteroatoms. The van der Waals surface area contributed by atoms with Crippen molar-refractivity contribution in [2.45, 2.75) is 12.8 Å². The number of nitrogens with one attached hydrogen (secondary N) is 4. The van der Waals surface area contributed by atoms with Gasteiger partial charge in [-0.05, 0) is 12.8 Å². The molecule has 1 saturated heterocycles. The molecule has 0 bridgehead atoms. The van der Waals surface area contributed by atoms with Crippen molar-refractivity contribution in [3.8, 4) is 0 Å². The smallest absolute Gasteiger partial charge is 0.348 e. The Kier molecular flexibility index (Phi) is 8.74. The van der Waals surface area contributed by atoms with E-state index in [1.165, 1.54) is 0 Å². The SMILES string of the molecule is O=C1NCCCNC(=O)C(=O)NCCCNC1=O.[Pd+2]. The van der Waals surface area contributed by atoms with Gasteiger partial charge in [-0.2, -0.15) is 0 Å². The summed E-state index contributed by atoms with van der Waals surface area (Å²) in [6.45, 7) is 1.03. The summed E-state index contributed by atoms with van der Waals surface area (Å²) in [7, 11) is 0. The maximum Gasteiger partial charge on any atom is 2.00 e. The van der Waals surface area contributed by atoms with Crippen molar-refractivity contribution in [3.63, 3.8) is 0 Å². The maximum atomic E-state index is 11.2. The van der Waals surface area contributed by atoms with E-state index < -0.39 is 23.6 Å². The van der Waals surface area contributed by atoms with Gasteiger partial charge in [-0.15, -0.1) is 0 Å². The normalized spacial score (nSPS) is 18.9. The summed E-state index contributed by atoms with van der Waals surface area (Å²) in [5, 5.41) is 9.64. The summed E-state index contributed by atoms with van der Waals surface area (Å²) in [6, 6.07) is 0. The summed E-state index contributed by atoms with van der Waals surface area (Å²) in [4.78, 5) is 44.9. The largest absolute Gasteiger partial charge is 2.00 e. The molecule has 8 nitrogen and oxygen atoms in total. The third-order valence-electron chi connectivity index (χ3n) is 2.26. The zero-order chi connectivity index (χ0) is 13.4. The Morgan fingerprint density at radius 2 is 0.737 bits per heavy atom. The average molecular weight is 363 g/mol. The average Bonchev–Trinajstić information content (AvgIpc) is 2.35. The zero-order valence-corrected chi connectivity index (χ0v) is 11.7. The number of hydrogen-bond donors (Lipinski definition) is 4. The Hall–Kier alpha value is -1.46. The van der Waals surface area contributed by atoms with Gasteiger partial charge in [-0.3, -0.25) is 19.2 Å². The minimum atomic E-state index is -0.692. The molecular formula is C10H16N4O4Pd+2. The van der Waals surface area contributed by atoms with Crippen LogP contribution in [0.4, 0.5) is 0 Å². The first-order valence-electron chi connectivity index (χ1n) is 5.73. The van der Waals surface area contributed by atoms with Crippen molar-refractivity contribution in [3.05, 3.63) is 0 Å². The minimum Gasteiger partial charge on any atom is -0.348 e. The third-order valence-corrected chi connectivity index (χ3v) is 2.26. The van der Waals surface area contributed by atoms with Gasteiger partial charge in [0.2, 0.25) is 0 Å². The fourth-order valence-corrected chi connectivity index (χ4v) is 1.31. The molecule has 19 heavy (non-hydrogen) atoms. The molecule has 0 aromatic carbocycles. The van der Waals surface area contributed by atoms with Crippen molar-refractivity contribution in [1.82, 2.24) is 21.3 Å². The predicted molar refractivity (Wildman–Crippen MR) is 61.3 cm³/mol. The maximum absolute atomic E-state index is 11.2. The number of carbonyl (C=O) groups is 4. The van der Waals surface area contributed by atoms with Crippen molar-refractivity contribution in [1.29, 1.82) is 0 Å². The van der Waals surface area contributed by atoms with Crippen molar-refractivity contribution in [2.75, 3.05) is 26.2 Å². The molecular weight excluding hydrogens is 347 g/mol. The van der Waals surface area contributed by atoms with E-state index in [1.54, 1.807) is 0 Å². The summed E-state index contributed by atoms with van der Waals surface area (Å²) in [5.74, 6) is -2.77. The van der Waals surface area contributed by atoms with Crippen LogP contribution >= 0.6 is 0 Å². The second kappa shape index (κ2) is 9.47. The van der Waals surface area contributed by atoms with Crippen molar-refractivity contribution >= 4 is 23.6 Å². The minimum absolute atomic E-state index is 0. The molecule has 108 valence electrons. The molecule has 0 spiro atoms. The fraction of sp³-hybridized carbons (Fsp3) is 0.600. The van der Waals surface area contributed by atoms with E-state index >= 15 is 0 Å². The van der Waals surface area contributed by atoms with Gasteiger partial charge in [0.25, 0.3) is 0 Å². The molecule has 0 aromatic rings. The van der Waals surface area contributed by atoms with Crippen LogP contribution in [0.25, 0.3) is 0 Å². The first-order chi connectivity index (χ1) is 8.61. The molecule has 1 fully saturated rings. The number of amides is 4. The van der Waals surface area contributed by atoms with E-state index in [0.29, 0.717) is 12.8 Å². The zero-order valence-electron chi connectivity index (χ0n) is 10.2. The molecule has 0 atom stereocenters. The molecule has 1 aliphatic heterocycles. The van der Waals surface area contributed by atoms with E-state index in [9.17, 15) is 19.2 Å². The van der Waals surface area contributed by atoms with E-state index in [4.69, 9.17) is 0 Å². The Morgan fingerprint density at radius 3 is 0.947 bits per heavy atom. The van der Waals surface area contributed by atoms with Crippen LogP contribution in [0.2, 0.25) is 0 Å². The van der Waals surface area contributed by atoms with Crippen molar-refractivity contribution < 1.29 is 39.6 Å². The number of carbonyl (C=O) groups excluding carboxylic acids is 4. The summed E-state index contributed by atoms with van der Waals surface area (Å²) in [6.07, 6.45) is 0.885. The third kappa shape index (κ3) is 6.88. The first kappa shape index (κ1) is 17.5. The quantitative estimate of drug-likeness (QED) is 0.276. The predicted octanol–water partition coefficient (Wildman–Crippen LogP) is -2.76. The van der Waals surface area contributed by atoms with Gasteiger partial charge < -0.3 is 21.3 Å². The summed E-state index contributed by atoms with van der Waals surface area (Å²) >= 11 is 0. The van der Waals surface area contributed by atoms with E-state index in [1.807, 2.05) is 0 Å². The molecule has 1 aliphatic rings. The number of hydrogen-bond acceptors (Lipinski definition) is 4.